The molecule has 0 saturated carbocycles. The van der Waals surface area contributed by atoms with E-state index in [2.05, 4.69) is 10.3 Å². The number of nitrogens with one attached hydrogen (secondary N) is 1. The van der Waals surface area contributed by atoms with Crippen LogP contribution in [0.1, 0.15) is 41.0 Å². The van der Waals surface area contributed by atoms with E-state index in [4.69, 9.17) is 23.1 Å². The molecular formula is C21H31ClFN5O3. The maximum absolute atomic E-state index is 13.6. The summed E-state index contributed by atoms with van der Waals surface area (Å²) in [5.41, 5.74) is 10.4. The second-order valence-corrected chi connectivity index (χ2v) is 9.88. The molecule has 31 heavy (non-hydrogen) atoms. The minimum absolute atomic E-state index is 0.00889. The number of hydrogen-bond acceptors (Lipinski definition) is 5. The highest BCUT2D eigenvalue weighted by atomic mass is 35.5. The summed E-state index contributed by atoms with van der Waals surface area (Å²) in [5.74, 6) is -1.95. The van der Waals surface area contributed by atoms with Crippen LogP contribution in [0, 0.1) is 5.92 Å². The second kappa shape index (κ2) is 9.00. The van der Waals surface area contributed by atoms with Gasteiger partial charge in [0.15, 0.2) is 0 Å². The van der Waals surface area contributed by atoms with Crippen molar-refractivity contribution in [1.29, 1.82) is 0 Å². The first-order valence-corrected chi connectivity index (χ1v) is 10.4. The predicted molar refractivity (Wildman–Crippen MR) is 119 cm³/mol. The lowest BCUT2D eigenvalue weighted by atomic mass is 9.90. The SMILES string of the molecule is CC(C)(C)NC(=O)N1CC(C(C(N)=O)=C(N)C2C=CC(F)=C(Cl)C2)=NC(C(C)(C)O)C1. The number of rotatable bonds is 4. The number of hydrogen-bond donors (Lipinski definition) is 4. The van der Waals surface area contributed by atoms with E-state index in [1.165, 1.54) is 17.1 Å². The first-order chi connectivity index (χ1) is 14.1. The first kappa shape index (κ1) is 24.9. The molecule has 6 N–H and O–H groups in total. The zero-order valence-electron chi connectivity index (χ0n) is 18.5. The van der Waals surface area contributed by atoms with Gasteiger partial charge in [0, 0.05) is 23.7 Å². The van der Waals surface area contributed by atoms with Gasteiger partial charge in [0.25, 0.3) is 5.91 Å². The molecule has 0 aromatic heterocycles. The molecule has 3 amide bonds. The van der Waals surface area contributed by atoms with E-state index in [1.54, 1.807) is 13.8 Å². The van der Waals surface area contributed by atoms with E-state index < -0.39 is 34.8 Å². The lowest BCUT2D eigenvalue weighted by Crippen LogP contribution is -2.57. The maximum atomic E-state index is 13.6. The number of allylic oxidation sites excluding steroid dienone is 4. The summed E-state index contributed by atoms with van der Waals surface area (Å²) in [4.78, 5) is 31.2. The highest BCUT2D eigenvalue weighted by molar-refractivity contribution is 6.30. The Bertz CT molecular complexity index is 880. The molecule has 0 radical (unpaired) electrons. The fourth-order valence-corrected chi connectivity index (χ4v) is 3.53. The van der Waals surface area contributed by atoms with Crippen molar-refractivity contribution in [3.63, 3.8) is 0 Å². The van der Waals surface area contributed by atoms with Gasteiger partial charge < -0.3 is 26.8 Å². The van der Waals surface area contributed by atoms with Crippen LogP contribution in [-0.2, 0) is 4.79 Å². The molecule has 2 unspecified atom stereocenters. The van der Waals surface area contributed by atoms with Crippen LogP contribution in [0.25, 0.3) is 0 Å². The number of aliphatic hydroxyl groups is 1. The zero-order valence-corrected chi connectivity index (χ0v) is 19.3. The Morgan fingerprint density at radius 3 is 2.39 bits per heavy atom. The number of halogens is 2. The molecule has 0 saturated heterocycles. The number of aliphatic imine (C=N–C) groups is 1. The van der Waals surface area contributed by atoms with Gasteiger partial charge in [-0.3, -0.25) is 9.79 Å². The number of urea groups is 1. The Balaban J connectivity index is 2.48. The van der Waals surface area contributed by atoms with Gasteiger partial charge in [-0.25, -0.2) is 9.18 Å². The number of nitrogens with zero attached hydrogens (tertiary/aromatic N) is 2. The van der Waals surface area contributed by atoms with Crippen molar-refractivity contribution in [3.8, 4) is 0 Å². The van der Waals surface area contributed by atoms with Gasteiger partial charge in [0.2, 0.25) is 0 Å². The second-order valence-electron chi connectivity index (χ2n) is 9.42. The van der Waals surface area contributed by atoms with Gasteiger partial charge in [-0.1, -0.05) is 17.7 Å². The largest absolute Gasteiger partial charge is 0.401 e. The Morgan fingerprint density at radius 1 is 1.29 bits per heavy atom. The van der Waals surface area contributed by atoms with Crippen molar-refractivity contribution >= 4 is 29.3 Å². The van der Waals surface area contributed by atoms with Crippen LogP contribution in [0.3, 0.4) is 0 Å². The number of amides is 3. The van der Waals surface area contributed by atoms with Gasteiger partial charge in [0.1, 0.15) is 5.83 Å². The number of carbonyl (C=O) groups is 2. The normalized spacial score (nSPS) is 23.4. The van der Waals surface area contributed by atoms with E-state index in [0.717, 1.165) is 0 Å². The van der Waals surface area contributed by atoms with E-state index in [9.17, 15) is 19.1 Å². The van der Waals surface area contributed by atoms with Gasteiger partial charge in [0.05, 0.1) is 34.5 Å². The molecule has 2 atom stereocenters. The molecule has 0 spiro atoms. The number of carbonyl (C=O) groups excluding carboxylic acids is 2. The minimum atomic E-state index is -1.27. The Hall–Kier alpha value is -2.39. The van der Waals surface area contributed by atoms with Crippen molar-refractivity contribution in [3.05, 3.63) is 34.3 Å². The van der Waals surface area contributed by atoms with Crippen LogP contribution in [0.15, 0.2) is 39.3 Å². The summed E-state index contributed by atoms with van der Waals surface area (Å²) in [6.07, 6.45) is 2.76. The molecule has 172 valence electrons. The molecule has 0 aromatic rings. The summed E-state index contributed by atoms with van der Waals surface area (Å²) in [6, 6.07) is -1.09. The van der Waals surface area contributed by atoms with E-state index in [1.807, 2.05) is 20.8 Å². The van der Waals surface area contributed by atoms with Crippen LogP contribution in [0.4, 0.5) is 9.18 Å². The molecule has 0 aromatic carbocycles. The topological polar surface area (TPSA) is 134 Å². The minimum Gasteiger partial charge on any atom is -0.401 e. The fraction of sp³-hybridized carbons (Fsp3) is 0.571. The Labute approximate surface area is 186 Å². The van der Waals surface area contributed by atoms with E-state index in [0.29, 0.717) is 0 Å². The van der Waals surface area contributed by atoms with Crippen LogP contribution in [-0.4, -0.2) is 57.9 Å². The molecule has 1 aliphatic carbocycles. The van der Waals surface area contributed by atoms with Crippen molar-refractivity contribution in [2.45, 2.75) is 58.2 Å². The third-order valence-electron chi connectivity index (χ3n) is 4.99. The van der Waals surface area contributed by atoms with E-state index in [-0.39, 0.29) is 47.6 Å². The highest BCUT2D eigenvalue weighted by Crippen LogP contribution is 2.32. The standard InChI is InChI=1S/C21H31ClFN5O3/c1-20(2,3)27-19(30)28-9-14(26-15(10-28)21(4,5)31)16(18(25)29)17(24)11-6-7-13(23)12(22)8-11/h6-7,11,15,31H,8-10,24H2,1-5H3,(H2,25,29)(H,27,30). The zero-order chi connectivity index (χ0) is 23.7. The van der Waals surface area contributed by atoms with Crippen LogP contribution in [0.5, 0.6) is 0 Å². The Kier molecular flexibility index (Phi) is 7.22. The average Bonchev–Trinajstić information content (AvgIpc) is 2.61. The van der Waals surface area contributed by atoms with Crippen molar-refractivity contribution < 1.29 is 19.1 Å². The molecule has 10 heteroatoms. The van der Waals surface area contributed by atoms with Gasteiger partial charge in [-0.2, -0.15) is 0 Å². The molecule has 0 bridgehead atoms. The molecule has 0 fully saturated rings. The molecule has 1 heterocycles. The Morgan fingerprint density at radius 2 is 1.90 bits per heavy atom. The van der Waals surface area contributed by atoms with Crippen molar-refractivity contribution in [2.24, 2.45) is 22.4 Å². The van der Waals surface area contributed by atoms with Gasteiger partial charge >= 0.3 is 6.03 Å². The summed E-state index contributed by atoms with van der Waals surface area (Å²) in [5, 5.41) is 13.4. The predicted octanol–water partition coefficient (Wildman–Crippen LogP) is 2.08. The van der Waals surface area contributed by atoms with Gasteiger partial charge in [-0.05, 0) is 47.1 Å². The maximum Gasteiger partial charge on any atom is 0.318 e. The summed E-state index contributed by atoms with van der Waals surface area (Å²) in [7, 11) is 0. The third-order valence-corrected chi connectivity index (χ3v) is 5.32. The van der Waals surface area contributed by atoms with Crippen LogP contribution in [0.2, 0.25) is 0 Å². The van der Waals surface area contributed by atoms with Gasteiger partial charge in [-0.15, -0.1) is 0 Å². The molecule has 2 rings (SSSR count). The quantitative estimate of drug-likeness (QED) is 0.483. The summed E-state index contributed by atoms with van der Waals surface area (Å²) >= 11 is 5.92. The molecule has 2 aliphatic rings. The number of nitrogens with two attached hydrogens (primary N) is 2. The summed E-state index contributed by atoms with van der Waals surface area (Å²) in [6.45, 7) is 8.78. The first-order valence-electron chi connectivity index (χ1n) is 9.98. The number of primary amides is 1. The van der Waals surface area contributed by atoms with Crippen molar-refractivity contribution in [1.82, 2.24) is 10.2 Å². The van der Waals surface area contributed by atoms with Crippen LogP contribution < -0.4 is 16.8 Å². The lowest BCUT2D eigenvalue weighted by Gasteiger charge is -2.38. The fourth-order valence-electron chi connectivity index (χ4n) is 3.30. The average molecular weight is 456 g/mol. The lowest BCUT2D eigenvalue weighted by molar-refractivity contribution is -0.114. The third kappa shape index (κ3) is 6.30. The summed E-state index contributed by atoms with van der Waals surface area (Å²) < 4.78 is 13.6. The van der Waals surface area contributed by atoms with Crippen molar-refractivity contribution in [2.75, 3.05) is 13.1 Å². The molecule has 1 aliphatic heterocycles. The highest BCUT2D eigenvalue weighted by Gasteiger charge is 2.37. The smallest absolute Gasteiger partial charge is 0.318 e. The molecular weight excluding hydrogens is 425 g/mol. The van der Waals surface area contributed by atoms with Crippen LogP contribution >= 0.6 is 11.6 Å². The monoisotopic (exact) mass is 455 g/mol. The molecule has 8 nitrogen and oxygen atoms in total. The van der Waals surface area contributed by atoms with E-state index >= 15 is 0 Å².